The number of hydrogen-bond donors (Lipinski definition) is 0. The van der Waals surface area contributed by atoms with E-state index in [0.29, 0.717) is 22.0 Å². The number of methoxy groups -OCH3 is 1. The van der Waals surface area contributed by atoms with Crippen LogP contribution in [0.25, 0.3) is 22.0 Å². The molecule has 1 aliphatic heterocycles. The number of aromatic nitrogens is 3. The summed E-state index contributed by atoms with van der Waals surface area (Å²) >= 11 is 0. The van der Waals surface area contributed by atoms with E-state index in [9.17, 15) is 13.2 Å². The maximum atomic E-state index is 13.4. The molecule has 2 aromatic carbocycles. The Bertz CT molecular complexity index is 1560. The topological polar surface area (TPSA) is 94.4 Å². The maximum absolute atomic E-state index is 13.4. The molecule has 9 heteroatoms. The minimum absolute atomic E-state index is 0.0650. The van der Waals surface area contributed by atoms with Crippen LogP contribution in [-0.2, 0) is 15.6 Å². The lowest BCUT2D eigenvalue weighted by Crippen LogP contribution is -2.35. The lowest BCUT2D eigenvalue weighted by atomic mass is 10.0. The molecule has 4 aromatic rings. The average molecular weight is 505 g/mol. The quantitative estimate of drug-likeness (QED) is 0.395. The summed E-state index contributed by atoms with van der Waals surface area (Å²) in [6.45, 7) is 1.89. The Kier molecular flexibility index (Phi) is 6.59. The molecule has 36 heavy (non-hydrogen) atoms. The zero-order valence-electron chi connectivity index (χ0n) is 20.3. The van der Waals surface area contributed by atoms with Crippen LogP contribution in [0.1, 0.15) is 24.4 Å². The van der Waals surface area contributed by atoms with E-state index < -0.39 is 9.84 Å². The molecule has 1 fully saturated rings. The zero-order chi connectivity index (χ0) is 25.3. The van der Waals surface area contributed by atoms with E-state index in [1.807, 2.05) is 18.2 Å². The Morgan fingerprint density at radius 3 is 2.47 bits per heavy atom. The number of sulfone groups is 1. The Balaban J connectivity index is 1.52. The third-order valence-electron chi connectivity index (χ3n) is 6.76. The molecule has 0 atom stereocenters. The van der Waals surface area contributed by atoms with E-state index in [4.69, 9.17) is 4.74 Å². The van der Waals surface area contributed by atoms with E-state index in [2.05, 4.69) is 21.9 Å². The summed E-state index contributed by atoms with van der Waals surface area (Å²) in [6, 6.07) is 15.7. The first-order valence-electron chi connectivity index (χ1n) is 11.9. The number of likely N-dealkylation sites (tertiary alicyclic amines) is 1. The van der Waals surface area contributed by atoms with Crippen molar-refractivity contribution in [2.45, 2.75) is 29.5 Å². The second-order valence-corrected chi connectivity index (χ2v) is 11.2. The zero-order valence-corrected chi connectivity index (χ0v) is 21.1. The highest BCUT2D eigenvalue weighted by Gasteiger charge is 2.21. The Morgan fingerprint density at radius 2 is 1.75 bits per heavy atom. The number of hydrogen-bond acceptors (Lipinski definition) is 7. The molecule has 0 saturated carbocycles. The number of benzene rings is 2. The van der Waals surface area contributed by atoms with Crippen LogP contribution in [0, 0.1) is 0 Å². The van der Waals surface area contributed by atoms with Crippen molar-refractivity contribution in [3.8, 4) is 17.0 Å². The van der Waals surface area contributed by atoms with Gasteiger partial charge in [-0.1, -0.05) is 24.3 Å². The highest BCUT2D eigenvalue weighted by atomic mass is 32.2. The fourth-order valence-corrected chi connectivity index (χ4v) is 6.06. The lowest BCUT2D eigenvalue weighted by molar-refractivity contribution is 0.218. The van der Waals surface area contributed by atoms with Crippen molar-refractivity contribution in [2.75, 3.05) is 27.2 Å². The average Bonchev–Trinajstić information content (AvgIpc) is 2.90. The minimum atomic E-state index is -3.60. The smallest absolute Gasteiger partial charge is 0.261 e. The van der Waals surface area contributed by atoms with Crippen molar-refractivity contribution >= 4 is 20.7 Å². The van der Waals surface area contributed by atoms with Crippen molar-refractivity contribution in [1.82, 2.24) is 19.4 Å². The number of pyridine rings is 1. The number of fused-ring (bicyclic) bond motifs is 1. The summed E-state index contributed by atoms with van der Waals surface area (Å²) in [6.07, 6.45) is 5.10. The van der Waals surface area contributed by atoms with E-state index in [-0.39, 0.29) is 28.1 Å². The molecule has 3 heterocycles. The summed E-state index contributed by atoms with van der Waals surface area (Å²) in [7, 11) is -0.0395. The fraction of sp³-hybridized carbons (Fsp3) is 0.296. The molecule has 0 N–H and O–H groups in total. The van der Waals surface area contributed by atoms with Crippen LogP contribution in [0.4, 0.5) is 0 Å². The molecule has 0 amide bonds. The van der Waals surface area contributed by atoms with Gasteiger partial charge in [0.25, 0.3) is 5.56 Å². The predicted octanol–water partition coefficient (Wildman–Crippen LogP) is 3.71. The summed E-state index contributed by atoms with van der Waals surface area (Å²) in [5, 5.41) is 0.531. The first-order chi connectivity index (χ1) is 17.4. The minimum Gasteiger partial charge on any atom is -0.481 e. The third-order valence-corrected chi connectivity index (χ3v) is 8.45. The Labute approximate surface area is 210 Å². The van der Waals surface area contributed by atoms with Gasteiger partial charge in [-0.15, -0.1) is 0 Å². The number of ether oxygens (including phenoxy) is 1. The van der Waals surface area contributed by atoms with Crippen LogP contribution in [0.15, 0.2) is 76.8 Å². The molecule has 5 rings (SSSR count). The first-order valence-corrected chi connectivity index (χ1v) is 13.5. The molecule has 0 bridgehead atoms. The molecular weight excluding hydrogens is 476 g/mol. The van der Waals surface area contributed by atoms with Gasteiger partial charge in [-0.2, -0.15) is 0 Å². The van der Waals surface area contributed by atoms with Gasteiger partial charge in [-0.05, 0) is 68.9 Å². The van der Waals surface area contributed by atoms with Gasteiger partial charge in [-0.25, -0.2) is 18.4 Å². The number of piperidine rings is 1. The van der Waals surface area contributed by atoms with Gasteiger partial charge in [0.05, 0.1) is 35.0 Å². The van der Waals surface area contributed by atoms with Crippen LogP contribution in [0.5, 0.6) is 5.88 Å². The van der Waals surface area contributed by atoms with Crippen LogP contribution in [0.3, 0.4) is 0 Å². The van der Waals surface area contributed by atoms with Gasteiger partial charge in [0.1, 0.15) is 0 Å². The van der Waals surface area contributed by atoms with Gasteiger partial charge in [0.15, 0.2) is 9.84 Å². The fourth-order valence-electron chi connectivity index (χ4n) is 4.71. The van der Waals surface area contributed by atoms with Crippen LogP contribution in [0.2, 0.25) is 0 Å². The molecule has 8 nitrogen and oxygen atoms in total. The van der Waals surface area contributed by atoms with Gasteiger partial charge in [0.2, 0.25) is 5.88 Å². The molecular formula is C27H28N4O4S. The van der Waals surface area contributed by atoms with Crippen molar-refractivity contribution in [3.05, 3.63) is 83.0 Å². The molecule has 1 aliphatic rings. The predicted molar refractivity (Wildman–Crippen MR) is 139 cm³/mol. The number of nitrogens with zero attached hydrogens (tertiary/aromatic N) is 4. The lowest BCUT2D eigenvalue weighted by Gasteiger charge is -2.30. The highest BCUT2D eigenvalue weighted by molar-refractivity contribution is 7.90. The second-order valence-electron chi connectivity index (χ2n) is 9.19. The normalized spacial score (nSPS) is 15.3. The van der Waals surface area contributed by atoms with Gasteiger partial charge < -0.3 is 9.64 Å². The monoisotopic (exact) mass is 504 g/mol. The molecule has 1 saturated heterocycles. The van der Waals surface area contributed by atoms with Crippen molar-refractivity contribution in [1.29, 1.82) is 0 Å². The maximum Gasteiger partial charge on any atom is 0.261 e. The van der Waals surface area contributed by atoms with Crippen molar-refractivity contribution in [3.63, 3.8) is 0 Å². The summed E-state index contributed by atoms with van der Waals surface area (Å²) in [4.78, 5) is 24.8. The summed E-state index contributed by atoms with van der Waals surface area (Å²) in [5.74, 6) is 0.00404. The van der Waals surface area contributed by atoms with E-state index in [1.165, 1.54) is 7.11 Å². The van der Waals surface area contributed by atoms with Crippen molar-refractivity contribution in [2.24, 2.45) is 0 Å². The first kappa shape index (κ1) is 24.1. The number of rotatable bonds is 6. The highest BCUT2D eigenvalue weighted by Crippen LogP contribution is 2.29. The molecule has 0 aliphatic carbocycles. The summed E-state index contributed by atoms with van der Waals surface area (Å²) in [5.41, 5.74) is 2.47. The van der Waals surface area contributed by atoms with Crippen LogP contribution >= 0.6 is 0 Å². The van der Waals surface area contributed by atoms with E-state index >= 15 is 0 Å². The van der Waals surface area contributed by atoms with Crippen LogP contribution in [-0.4, -0.2) is 55.1 Å². The summed E-state index contributed by atoms with van der Waals surface area (Å²) < 4.78 is 33.1. The Hall–Kier alpha value is -3.56. The molecule has 0 spiro atoms. The Morgan fingerprint density at radius 1 is 1.00 bits per heavy atom. The largest absolute Gasteiger partial charge is 0.481 e. The van der Waals surface area contributed by atoms with Crippen molar-refractivity contribution < 1.29 is 13.2 Å². The molecule has 0 radical (unpaired) electrons. The molecule has 0 unspecified atom stereocenters. The standard InChI is InChI=1S/C27H28N4O4S/c1-30-12-10-22(11-13-30)31-18-29-25-9-8-19(15-24(25)27(31)32)20-14-21(26(35-2)28-16-20)17-36(33,34)23-6-4-3-5-7-23/h3-9,14-16,18,22H,10-13,17H2,1-2H3. The van der Waals surface area contributed by atoms with Crippen LogP contribution < -0.4 is 10.3 Å². The van der Waals surface area contributed by atoms with E-state index in [1.54, 1.807) is 53.5 Å². The molecule has 2 aromatic heterocycles. The molecule has 186 valence electrons. The second kappa shape index (κ2) is 9.83. The SMILES string of the molecule is COc1ncc(-c2ccc3ncn(C4CCN(C)CC4)c(=O)c3c2)cc1CS(=O)(=O)c1ccccc1. The third kappa shape index (κ3) is 4.76. The van der Waals surface area contributed by atoms with Gasteiger partial charge >= 0.3 is 0 Å². The van der Waals surface area contributed by atoms with Gasteiger partial charge in [0, 0.05) is 23.4 Å². The van der Waals surface area contributed by atoms with Gasteiger partial charge in [-0.3, -0.25) is 9.36 Å². The van der Waals surface area contributed by atoms with E-state index in [0.717, 1.165) is 31.5 Å².